The van der Waals surface area contributed by atoms with Crippen LogP contribution in [0.3, 0.4) is 0 Å². The summed E-state index contributed by atoms with van der Waals surface area (Å²) in [5, 5.41) is 2.95. The first-order valence-electron chi connectivity index (χ1n) is 4.41. The van der Waals surface area contributed by atoms with Gasteiger partial charge in [0.25, 0.3) is 0 Å². The fourth-order valence-electron chi connectivity index (χ4n) is 0.812. The van der Waals surface area contributed by atoms with E-state index in [2.05, 4.69) is 41.5 Å². The Balaban J connectivity index is 3.44. The van der Waals surface area contributed by atoms with Gasteiger partial charge < -0.3 is 0 Å². The van der Waals surface area contributed by atoms with Gasteiger partial charge in [0.05, 0.1) is 0 Å². The van der Waals surface area contributed by atoms with Gasteiger partial charge in [-0.3, -0.25) is 0 Å². The Bertz CT molecular complexity index is 89.0. The standard InChI is InChI=1S/C10H22Ge/c1-9(2,3)7-11-8-10(4,5)6/h7-8H2,1-6H3. The number of rotatable bonds is 2. The van der Waals surface area contributed by atoms with E-state index in [0.717, 1.165) is 0 Å². The van der Waals surface area contributed by atoms with Crippen LogP contribution in [0.1, 0.15) is 41.5 Å². The van der Waals surface area contributed by atoms with Gasteiger partial charge in [-0.25, -0.2) is 0 Å². The van der Waals surface area contributed by atoms with Crippen molar-refractivity contribution >= 4 is 15.4 Å². The van der Waals surface area contributed by atoms with Crippen molar-refractivity contribution in [2.75, 3.05) is 0 Å². The third-order valence-electron chi connectivity index (χ3n) is 1.31. The predicted octanol–water partition coefficient (Wildman–Crippen LogP) is 3.62. The van der Waals surface area contributed by atoms with Crippen molar-refractivity contribution in [2.45, 2.75) is 52.0 Å². The molecule has 66 valence electrons. The molecule has 0 bridgehead atoms. The molecule has 2 radical (unpaired) electrons. The molecule has 0 aliphatic heterocycles. The van der Waals surface area contributed by atoms with E-state index < -0.39 is 0 Å². The van der Waals surface area contributed by atoms with Crippen LogP contribution in [-0.2, 0) is 0 Å². The Morgan fingerprint density at radius 3 is 1.18 bits per heavy atom. The molecule has 0 saturated carbocycles. The second-order valence-electron chi connectivity index (χ2n) is 5.72. The second kappa shape index (κ2) is 3.97. The molecule has 0 unspecified atom stereocenters. The van der Waals surface area contributed by atoms with Crippen LogP contribution in [0.4, 0.5) is 0 Å². The molecule has 0 nitrogen and oxygen atoms in total. The van der Waals surface area contributed by atoms with E-state index >= 15 is 0 Å². The second-order valence-corrected chi connectivity index (χ2v) is 8.26. The average molecular weight is 215 g/mol. The van der Waals surface area contributed by atoms with Gasteiger partial charge in [-0.2, -0.15) is 0 Å². The molecule has 1 heteroatoms. The summed E-state index contributed by atoms with van der Waals surface area (Å²) in [7, 11) is 0. The Morgan fingerprint density at radius 2 is 1.00 bits per heavy atom. The van der Waals surface area contributed by atoms with Crippen molar-refractivity contribution in [3.05, 3.63) is 0 Å². The fraction of sp³-hybridized carbons (Fsp3) is 1.00. The van der Waals surface area contributed by atoms with Crippen molar-refractivity contribution in [2.24, 2.45) is 10.8 Å². The van der Waals surface area contributed by atoms with Gasteiger partial charge in [0, 0.05) is 0 Å². The first-order chi connectivity index (χ1) is 4.71. The van der Waals surface area contributed by atoms with Crippen LogP contribution < -0.4 is 0 Å². The zero-order chi connectivity index (χ0) is 9.12. The van der Waals surface area contributed by atoms with Crippen molar-refractivity contribution < 1.29 is 0 Å². The van der Waals surface area contributed by atoms with Crippen LogP contribution >= 0.6 is 0 Å². The maximum atomic E-state index is 2.35. The average Bonchev–Trinajstić information content (AvgIpc) is 1.55. The van der Waals surface area contributed by atoms with E-state index in [0.29, 0.717) is 26.3 Å². The molecule has 0 saturated heterocycles. The van der Waals surface area contributed by atoms with Gasteiger partial charge in [-0.1, -0.05) is 0 Å². The van der Waals surface area contributed by atoms with Crippen LogP contribution in [0, 0.1) is 10.8 Å². The SMILES string of the molecule is CC(C)(C)[CH2][Ge][CH2]C(C)(C)C. The summed E-state index contributed by atoms with van der Waals surface area (Å²) in [5.41, 5.74) is 1.15. The van der Waals surface area contributed by atoms with E-state index in [4.69, 9.17) is 0 Å². The Hall–Kier alpha value is 0.543. The normalized spacial score (nSPS) is 13.6. The summed E-state index contributed by atoms with van der Waals surface area (Å²) in [6.45, 7) is 14.1. The van der Waals surface area contributed by atoms with Crippen LogP contribution in [0.2, 0.25) is 10.5 Å². The van der Waals surface area contributed by atoms with E-state index in [9.17, 15) is 0 Å². The summed E-state index contributed by atoms with van der Waals surface area (Å²) in [4.78, 5) is 0. The van der Waals surface area contributed by atoms with Gasteiger partial charge in [0.15, 0.2) is 0 Å². The number of hydrogen-bond acceptors (Lipinski definition) is 0. The molecule has 0 aliphatic carbocycles. The van der Waals surface area contributed by atoms with Crippen LogP contribution in [0.25, 0.3) is 0 Å². The molecule has 0 aromatic carbocycles. The third kappa shape index (κ3) is 10.5. The zero-order valence-corrected chi connectivity index (χ0v) is 11.0. The number of hydrogen-bond donors (Lipinski definition) is 0. The molecule has 0 rings (SSSR count). The van der Waals surface area contributed by atoms with E-state index in [1.165, 1.54) is 10.5 Å². The van der Waals surface area contributed by atoms with Crippen molar-refractivity contribution in [1.29, 1.82) is 0 Å². The monoisotopic (exact) mass is 216 g/mol. The molecule has 0 N–H and O–H groups in total. The summed E-state index contributed by atoms with van der Waals surface area (Å²) in [6, 6.07) is 0. The molecule has 0 aromatic rings. The van der Waals surface area contributed by atoms with Gasteiger partial charge in [-0.15, -0.1) is 0 Å². The van der Waals surface area contributed by atoms with E-state index in [1.807, 2.05) is 0 Å². The molecule has 0 spiro atoms. The Morgan fingerprint density at radius 1 is 0.727 bits per heavy atom. The fourth-order valence-corrected chi connectivity index (χ4v) is 4.22. The molecule has 0 amide bonds. The minimum absolute atomic E-state index is 0.319. The first kappa shape index (κ1) is 11.5. The van der Waals surface area contributed by atoms with Gasteiger partial charge >= 0.3 is 78.3 Å². The van der Waals surface area contributed by atoms with E-state index in [1.54, 1.807) is 0 Å². The molecule has 11 heavy (non-hydrogen) atoms. The molecule has 0 heterocycles. The molecule has 0 atom stereocenters. The van der Waals surface area contributed by atoms with Gasteiger partial charge in [-0.05, 0) is 0 Å². The Kier molecular flexibility index (Phi) is 4.17. The van der Waals surface area contributed by atoms with Crippen LogP contribution in [0.15, 0.2) is 0 Å². The van der Waals surface area contributed by atoms with Gasteiger partial charge in [0.2, 0.25) is 0 Å². The molecule has 0 aromatic heterocycles. The predicted molar refractivity (Wildman–Crippen MR) is 54.3 cm³/mol. The van der Waals surface area contributed by atoms with Crippen molar-refractivity contribution in [3.63, 3.8) is 0 Å². The molecular weight excluding hydrogens is 193 g/mol. The van der Waals surface area contributed by atoms with Crippen molar-refractivity contribution in [3.8, 4) is 0 Å². The quantitative estimate of drug-likeness (QED) is 0.617. The summed E-state index contributed by atoms with van der Waals surface area (Å²) >= 11 is 0.319. The summed E-state index contributed by atoms with van der Waals surface area (Å²) < 4.78 is 0. The molecule has 0 aliphatic rings. The minimum atomic E-state index is 0.319. The van der Waals surface area contributed by atoms with E-state index in [-0.39, 0.29) is 0 Å². The molecular formula is C10H22Ge. The summed E-state index contributed by atoms with van der Waals surface area (Å²) in [5.74, 6) is 0. The molecule has 0 fully saturated rings. The topological polar surface area (TPSA) is 0 Å². The van der Waals surface area contributed by atoms with Crippen LogP contribution in [-0.4, -0.2) is 15.4 Å². The maximum absolute atomic E-state index is 2.35. The zero-order valence-electron chi connectivity index (χ0n) is 8.91. The third-order valence-corrected chi connectivity index (χ3v) is 6.81. The van der Waals surface area contributed by atoms with Gasteiger partial charge in [0.1, 0.15) is 0 Å². The Labute approximate surface area is 78.6 Å². The van der Waals surface area contributed by atoms with Crippen LogP contribution in [0.5, 0.6) is 0 Å². The van der Waals surface area contributed by atoms with Crippen molar-refractivity contribution in [1.82, 2.24) is 0 Å². The first-order valence-corrected chi connectivity index (χ1v) is 7.38. The summed E-state index contributed by atoms with van der Waals surface area (Å²) in [6.07, 6.45) is 0.